The molecule has 3 nitrogen and oxygen atoms in total. The first kappa shape index (κ1) is 13.1. The van der Waals surface area contributed by atoms with E-state index in [1.807, 2.05) is 18.3 Å². The lowest BCUT2D eigenvalue weighted by Crippen LogP contribution is -2.13. The van der Waals surface area contributed by atoms with Crippen LogP contribution in [0.25, 0.3) is 5.69 Å². The first-order chi connectivity index (χ1) is 9.81. The van der Waals surface area contributed by atoms with Crippen molar-refractivity contribution in [3.8, 4) is 5.69 Å². The van der Waals surface area contributed by atoms with Crippen molar-refractivity contribution in [1.29, 1.82) is 0 Å². The molecule has 0 N–H and O–H groups in total. The third kappa shape index (κ3) is 2.29. The summed E-state index contributed by atoms with van der Waals surface area (Å²) in [4.78, 5) is 12.0. The van der Waals surface area contributed by atoms with Crippen LogP contribution in [0, 0.1) is 0 Å². The van der Waals surface area contributed by atoms with Crippen LogP contribution in [0.1, 0.15) is 34.5 Å². The SMILES string of the molecule is COCCc1ccccc1-n1ccc2c1CCCC2=O. The van der Waals surface area contributed by atoms with E-state index in [4.69, 9.17) is 4.74 Å². The maximum Gasteiger partial charge on any atom is 0.164 e. The molecule has 0 radical (unpaired) electrons. The van der Waals surface area contributed by atoms with E-state index >= 15 is 0 Å². The van der Waals surface area contributed by atoms with E-state index in [2.05, 4.69) is 22.8 Å². The van der Waals surface area contributed by atoms with Gasteiger partial charge in [-0.15, -0.1) is 0 Å². The Hall–Kier alpha value is -1.87. The number of hydrogen-bond acceptors (Lipinski definition) is 2. The number of aromatic nitrogens is 1. The lowest BCUT2D eigenvalue weighted by Gasteiger charge is -2.17. The first-order valence-corrected chi connectivity index (χ1v) is 7.12. The van der Waals surface area contributed by atoms with Crippen LogP contribution in [-0.2, 0) is 17.6 Å². The molecular formula is C17H19NO2. The smallest absolute Gasteiger partial charge is 0.164 e. The summed E-state index contributed by atoms with van der Waals surface area (Å²) in [5, 5.41) is 0. The zero-order valence-corrected chi connectivity index (χ0v) is 11.8. The second-order valence-electron chi connectivity index (χ2n) is 5.19. The van der Waals surface area contributed by atoms with E-state index in [9.17, 15) is 4.79 Å². The van der Waals surface area contributed by atoms with Crippen LogP contribution in [0.3, 0.4) is 0 Å². The second kappa shape index (κ2) is 5.63. The average Bonchev–Trinajstić information content (AvgIpc) is 2.91. The Kier molecular flexibility index (Phi) is 3.70. The Morgan fingerprint density at radius 3 is 2.90 bits per heavy atom. The van der Waals surface area contributed by atoms with Crippen molar-refractivity contribution in [2.45, 2.75) is 25.7 Å². The highest BCUT2D eigenvalue weighted by Gasteiger charge is 2.21. The summed E-state index contributed by atoms with van der Waals surface area (Å²) in [7, 11) is 1.72. The van der Waals surface area contributed by atoms with Crippen LogP contribution in [0.4, 0.5) is 0 Å². The fraction of sp³-hybridized carbons (Fsp3) is 0.353. The van der Waals surface area contributed by atoms with E-state index in [1.165, 1.54) is 11.3 Å². The molecule has 0 saturated heterocycles. The number of para-hydroxylation sites is 1. The number of Topliss-reactive ketones (excluding diaryl/α,β-unsaturated/α-hetero) is 1. The molecule has 3 rings (SSSR count). The standard InChI is InChI=1S/C17H19NO2/c1-20-12-10-13-5-2-3-6-15(13)18-11-9-14-16(18)7-4-8-17(14)19/h2-3,5-6,9,11H,4,7-8,10,12H2,1H3. The Balaban J connectivity index is 2.03. The maximum absolute atomic E-state index is 12.0. The molecule has 1 aromatic carbocycles. The van der Waals surface area contributed by atoms with Gasteiger partial charge < -0.3 is 9.30 Å². The van der Waals surface area contributed by atoms with Gasteiger partial charge in [0.05, 0.1) is 6.61 Å². The second-order valence-corrected chi connectivity index (χ2v) is 5.19. The maximum atomic E-state index is 12.0. The molecule has 1 heterocycles. The third-order valence-corrected chi connectivity index (χ3v) is 3.94. The number of rotatable bonds is 4. The van der Waals surface area contributed by atoms with Crippen molar-refractivity contribution in [2.24, 2.45) is 0 Å². The van der Waals surface area contributed by atoms with Crippen LogP contribution < -0.4 is 0 Å². The fourth-order valence-electron chi connectivity index (χ4n) is 2.92. The van der Waals surface area contributed by atoms with Gasteiger partial charge in [0.2, 0.25) is 0 Å². The summed E-state index contributed by atoms with van der Waals surface area (Å²) in [5.41, 5.74) is 4.48. The van der Waals surface area contributed by atoms with Crippen molar-refractivity contribution >= 4 is 5.78 Å². The predicted molar refractivity (Wildman–Crippen MR) is 78.6 cm³/mol. The van der Waals surface area contributed by atoms with Crippen molar-refractivity contribution in [2.75, 3.05) is 13.7 Å². The zero-order valence-electron chi connectivity index (χ0n) is 11.8. The topological polar surface area (TPSA) is 31.2 Å². The van der Waals surface area contributed by atoms with E-state index in [-0.39, 0.29) is 5.78 Å². The average molecular weight is 269 g/mol. The highest BCUT2D eigenvalue weighted by atomic mass is 16.5. The monoisotopic (exact) mass is 269 g/mol. The van der Waals surface area contributed by atoms with Gasteiger partial charge in [-0.1, -0.05) is 18.2 Å². The number of ketones is 1. The number of fused-ring (bicyclic) bond motifs is 1. The number of benzene rings is 1. The largest absolute Gasteiger partial charge is 0.384 e. The van der Waals surface area contributed by atoms with Crippen LogP contribution in [0.15, 0.2) is 36.5 Å². The molecular weight excluding hydrogens is 250 g/mol. The predicted octanol–water partition coefficient (Wildman–Crippen LogP) is 3.19. The minimum atomic E-state index is 0.277. The molecule has 0 spiro atoms. The van der Waals surface area contributed by atoms with Crippen molar-refractivity contribution in [1.82, 2.24) is 4.57 Å². The van der Waals surface area contributed by atoms with Gasteiger partial charge in [0.25, 0.3) is 0 Å². The molecule has 1 aliphatic rings. The molecule has 3 heteroatoms. The molecule has 2 aromatic rings. The Labute approximate surface area is 119 Å². The van der Waals surface area contributed by atoms with E-state index in [0.717, 1.165) is 30.5 Å². The normalized spacial score (nSPS) is 14.3. The van der Waals surface area contributed by atoms with Gasteiger partial charge in [-0.3, -0.25) is 4.79 Å². The Morgan fingerprint density at radius 2 is 2.05 bits per heavy atom. The van der Waals surface area contributed by atoms with Gasteiger partial charge in [0.15, 0.2) is 5.78 Å². The summed E-state index contributed by atoms with van der Waals surface area (Å²) >= 11 is 0. The quantitative estimate of drug-likeness (QED) is 0.853. The number of methoxy groups -OCH3 is 1. The van der Waals surface area contributed by atoms with E-state index < -0.39 is 0 Å². The zero-order chi connectivity index (χ0) is 13.9. The molecule has 0 fully saturated rings. The number of hydrogen-bond donors (Lipinski definition) is 0. The molecule has 0 saturated carbocycles. The lowest BCUT2D eigenvalue weighted by molar-refractivity contribution is 0.0972. The van der Waals surface area contributed by atoms with Crippen molar-refractivity contribution < 1.29 is 9.53 Å². The van der Waals surface area contributed by atoms with Gasteiger partial charge in [-0.2, -0.15) is 0 Å². The molecule has 1 aliphatic carbocycles. The molecule has 0 amide bonds. The van der Waals surface area contributed by atoms with Crippen molar-refractivity contribution in [3.63, 3.8) is 0 Å². The molecule has 1 aromatic heterocycles. The Morgan fingerprint density at radius 1 is 1.20 bits per heavy atom. The summed E-state index contributed by atoms with van der Waals surface area (Å²) in [6, 6.07) is 10.3. The van der Waals surface area contributed by atoms with E-state index in [1.54, 1.807) is 7.11 Å². The third-order valence-electron chi connectivity index (χ3n) is 3.94. The number of carbonyl (C=O) groups excluding carboxylic acids is 1. The van der Waals surface area contributed by atoms with Gasteiger partial charge in [-0.05, 0) is 37.0 Å². The van der Waals surface area contributed by atoms with Crippen molar-refractivity contribution in [3.05, 3.63) is 53.3 Å². The molecule has 104 valence electrons. The van der Waals surface area contributed by atoms with Crippen LogP contribution in [0.2, 0.25) is 0 Å². The molecule has 0 atom stereocenters. The number of nitrogens with zero attached hydrogens (tertiary/aromatic N) is 1. The summed E-state index contributed by atoms with van der Waals surface area (Å²) < 4.78 is 7.36. The minimum absolute atomic E-state index is 0.277. The first-order valence-electron chi connectivity index (χ1n) is 7.12. The molecule has 0 bridgehead atoms. The van der Waals surface area contributed by atoms with Crippen LogP contribution in [-0.4, -0.2) is 24.1 Å². The van der Waals surface area contributed by atoms with E-state index in [0.29, 0.717) is 13.0 Å². The highest BCUT2D eigenvalue weighted by molar-refractivity contribution is 5.98. The number of ether oxygens (including phenoxy) is 1. The van der Waals surface area contributed by atoms with Gasteiger partial charge in [0, 0.05) is 36.7 Å². The summed E-state index contributed by atoms with van der Waals surface area (Å²) in [5.74, 6) is 0.277. The molecule has 0 aliphatic heterocycles. The minimum Gasteiger partial charge on any atom is -0.384 e. The van der Waals surface area contributed by atoms with Crippen LogP contribution >= 0.6 is 0 Å². The summed E-state index contributed by atoms with van der Waals surface area (Å²) in [6.45, 7) is 0.708. The molecule has 0 unspecified atom stereocenters. The fourth-order valence-corrected chi connectivity index (χ4v) is 2.92. The summed E-state index contributed by atoms with van der Waals surface area (Å²) in [6.07, 6.45) is 5.53. The highest BCUT2D eigenvalue weighted by Crippen LogP contribution is 2.27. The van der Waals surface area contributed by atoms with Gasteiger partial charge in [-0.25, -0.2) is 0 Å². The van der Waals surface area contributed by atoms with Gasteiger partial charge >= 0.3 is 0 Å². The molecule has 20 heavy (non-hydrogen) atoms. The lowest BCUT2D eigenvalue weighted by atomic mass is 9.96. The van der Waals surface area contributed by atoms with Crippen LogP contribution in [0.5, 0.6) is 0 Å². The Bertz CT molecular complexity index is 628. The number of carbonyl (C=O) groups is 1. The van der Waals surface area contributed by atoms with Gasteiger partial charge in [0.1, 0.15) is 0 Å².